The number of hydrogen-bond donors (Lipinski definition) is 2. The van der Waals surface area contributed by atoms with Gasteiger partial charge in [0.25, 0.3) is 10.1 Å². The Hall–Kier alpha value is -1.74. The van der Waals surface area contributed by atoms with Crippen LogP contribution in [0.4, 0.5) is 0 Å². The van der Waals surface area contributed by atoms with E-state index in [4.69, 9.17) is 9.69 Å². The first-order valence-corrected chi connectivity index (χ1v) is 8.71. The van der Waals surface area contributed by atoms with E-state index < -0.39 is 20.1 Å². The molecule has 2 rings (SSSR count). The SMILES string of the molecule is Cc1ccc(S(=O)(=O)O)cc1.NS(=O)(=O)c1ccccc1. The molecule has 0 aromatic heterocycles. The quantitative estimate of drug-likeness (QED) is 0.812. The van der Waals surface area contributed by atoms with Crippen molar-refractivity contribution in [1.29, 1.82) is 0 Å². The molecule has 2 aromatic carbocycles. The third-order valence-electron chi connectivity index (χ3n) is 2.39. The van der Waals surface area contributed by atoms with Crippen LogP contribution >= 0.6 is 0 Å². The molecule has 0 saturated carbocycles. The van der Waals surface area contributed by atoms with Gasteiger partial charge in [-0.3, -0.25) is 4.55 Å². The summed E-state index contributed by atoms with van der Waals surface area (Å²) < 4.78 is 50.8. The Labute approximate surface area is 124 Å². The second-order valence-electron chi connectivity index (χ2n) is 4.15. The monoisotopic (exact) mass is 329 g/mol. The molecular weight excluding hydrogens is 314 g/mol. The summed E-state index contributed by atoms with van der Waals surface area (Å²) in [7, 11) is -7.52. The summed E-state index contributed by atoms with van der Waals surface area (Å²) in [5.74, 6) is 0. The molecule has 0 bridgehead atoms. The average Bonchev–Trinajstić information content (AvgIpc) is 2.39. The molecule has 0 aliphatic rings. The van der Waals surface area contributed by atoms with Crippen LogP contribution < -0.4 is 5.14 Å². The zero-order valence-electron chi connectivity index (χ0n) is 11.2. The second-order valence-corrected chi connectivity index (χ2v) is 7.13. The Bertz CT molecular complexity index is 782. The largest absolute Gasteiger partial charge is 0.294 e. The van der Waals surface area contributed by atoms with Crippen molar-refractivity contribution in [3.05, 3.63) is 60.2 Å². The summed E-state index contributed by atoms with van der Waals surface area (Å²) >= 11 is 0. The van der Waals surface area contributed by atoms with Gasteiger partial charge in [0, 0.05) is 0 Å². The lowest BCUT2D eigenvalue weighted by Crippen LogP contribution is -2.11. The molecule has 0 radical (unpaired) electrons. The molecule has 8 heteroatoms. The highest BCUT2D eigenvalue weighted by Gasteiger charge is 2.06. The van der Waals surface area contributed by atoms with Crippen LogP contribution in [0.2, 0.25) is 0 Å². The van der Waals surface area contributed by atoms with E-state index in [1.807, 2.05) is 6.92 Å². The van der Waals surface area contributed by atoms with Gasteiger partial charge in [-0.15, -0.1) is 0 Å². The van der Waals surface area contributed by atoms with Gasteiger partial charge in [0.15, 0.2) is 0 Å². The fourth-order valence-electron chi connectivity index (χ4n) is 1.32. The predicted molar refractivity (Wildman–Crippen MR) is 78.8 cm³/mol. The second kappa shape index (κ2) is 6.81. The van der Waals surface area contributed by atoms with Crippen molar-refractivity contribution in [2.75, 3.05) is 0 Å². The topological polar surface area (TPSA) is 115 Å². The van der Waals surface area contributed by atoms with Crippen molar-refractivity contribution in [1.82, 2.24) is 0 Å². The first kappa shape index (κ1) is 17.3. The van der Waals surface area contributed by atoms with Gasteiger partial charge in [-0.05, 0) is 31.2 Å². The van der Waals surface area contributed by atoms with Crippen LogP contribution in [0.5, 0.6) is 0 Å². The first-order chi connectivity index (χ1) is 9.60. The predicted octanol–water partition coefficient (Wildman–Crippen LogP) is 1.58. The van der Waals surface area contributed by atoms with Crippen LogP contribution in [-0.2, 0) is 20.1 Å². The van der Waals surface area contributed by atoms with Crippen LogP contribution in [-0.4, -0.2) is 21.4 Å². The van der Waals surface area contributed by atoms with E-state index >= 15 is 0 Å². The maximum atomic E-state index is 10.6. The molecule has 0 aliphatic carbocycles. The molecule has 2 aromatic rings. The maximum absolute atomic E-state index is 10.6. The zero-order chi connectivity index (χ0) is 16.1. The molecule has 0 spiro atoms. The van der Waals surface area contributed by atoms with Gasteiger partial charge < -0.3 is 0 Å². The van der Waals surface area contributed by atoms with Crippen molar-refractivity contribution >= 4 is 20.1 Å². The van der Waals surface area contributed by atoms with E-state index in [0.29, 0.717) is 0 Å². The minimum Gasteiger partial charge on any atom is -0.282 e. The molecule has 21 heavy (non-hydrogen) atoms. The number of sulfonamides is 1. The van der Waals surface area contributed by atoms with Gasteiger partial charge >= 0.3 is 0 Å². The number of aryl methyl sites for hydroxylation is 1. The summed E-state index contributed by atoms with van der Waals surface area (Å²) in [4.78, 5) is 0.0816. The minimum atomic E-state index is -4.02. The number of primary sulfonamides is 1. The molecule has 0 unspecified atom stereocenters. The normalized spacial score (nSPS) is 11.4. The van der Waals surface area contributed by atoms with Crippen LogP contribution in [0.1, 0.15) is 5.56 Å². The van der Waals surface area contributed by atoms with Crippen LogP contribution in [0.3, 0.4) is 0 Å². The Kier molecular flexibility index (Phi) is 5.62. The van der Waals surface area contributed by atoms with E-state index in [9.17, 15) is 16.8 Å². The summed E-state index contributed by atoms with van der Waals surface area (Å²) in [5.41, 5.74) is 0.956. The van der Waals surface area contributed by atoms with E-state index in [-0.39, 0.29) is 9.79 Å². The molecule has 0 amide bonds. The lowest BCUT2D eigenvalue weighted by molar-refractivity contribution is 0.483. The van der Waals surface area contributed by atoms with Gasteiger partial charge in [0.05, 0.1) is 9.79 Å². The molecule has 0 fully saturated rings. The molecule has 0 heterocycles. The molecule has 0 saturated heterocycles. The summed E-state index contributed by atoms with van der Waals surface area (Å²) in [5, 5.41) is 4.83. The highest BCUT2D eigenvalue weighted by molar-refractivity contribution is 7.89. The molecule has 6 nitrogen and oxygen atoms in total. The first-order valence-electron chi connectivity index (χ1n) is 5.73. The minimum absolute atomic E-state index is 0.0666. The van der Waals surface area contributed by atoms with E-state index in [1.165, 1.54) is 24.3 Å². The van der Waals surface area contributed by atoms with E-state index in [1.54, 1.807) is 30.3 Å². The fourth-order valence-corrected chi connectivity index (χ4v) is 2.34. The van der Waals surface area contributed by atoms with Gasteiger partial charge in [0.1, 0.15) is 0 Å². The lowest BCUT2D eigenvalue weighted by atomic mass is 10.2. The van der Waals surface area contributed by atoms with Gasteiger partial charge in [0.2, 0.25) is 10.0 Å². The number of rotatable bonds is 2. The molecule has 0 aliphatic heterocycles. The average molecular weight is 329 g/mol. The third kappa shape index (κ3) is 6.05. The Morgan fingerprint density at radius 1 is 0.810 bits per heavy atom. The number of nitrogens with two attached hydrogens (primary N) is 1. The molecule has 3 N–H and O–H groups in total. The van der Waals surface area contributed by atoms with E-state index in [0.717, 1.165) is 5.56 Å². The number of hydrogen-bond acceptors (Lipinski definition) is 4. The molecule has 0 atom stereocenters. The van der Waals surface area contributed by atoms with Gasteiger partial charge in [-0.25, -0.2) is 13.6 Å². The summed E-state index contributed by atoms with van der Waals surface area (Å²) in [6.45, 7) is 1.84. The van der Waals surface area contributed by atoms with Crippen molar-refractivity contribution in [3.63, 3.8) is 0 Å². The van der Waals surface area contributed by atoms with E-state index in [2.05, 4.69) is 0 Å². The summed E-state index contributed by atoms with van der Waals surface area (Å²) in [6.07, 6.45) is 0. The lowest BCUT2D eigenvalue weighted by Gasteiger charge is -1.95. The maximum Gasteiger partial charge on any atom is 0.294 e. The van der Waals surface area contributed by atoms with Crippen LogP contribution in [0.25, 0.3) is 0 Å². The third-order valence-corrected chi connectivity index (χ3v) is 4.19. The van der Waals surface area contributed by atoms with Crippen molar-refractivity contribution in [2.24, 2.45) is 5.14 Å². The Morgan fingerprint density at radius 2 is 1.29 bits per heavy atom. The Morgan fingerprint density at radius 3 is 1.62 bits per heavy atom. The van der Waals surface area contributed by atoms with Crippen molar-refractivity contribution in [2.45, 2.75) is 16.7 Å². The van der Waals surface area contributed by atoms with Crippen molar-refractivity contribution in [3.8, 4) is 0 Å². The van der Waals surface area contributed by atoms with Gasteiger partial charge in [-0.2, -0.15) is 8.42 Å². The zero-order valence-corrected chi connectivity index (χ0v) is 12.8. The number of benzene rings is 2. The van der Waals surface area contributed by atoms with Crippen LogP contribution in [0, 0.1) is 6.92 Å². The standard InChI is InChI=1S/C7H8O3S.C6H7NO2S/c1-6-2-4-7(5-3-6)11(8,9)10;7-10(8,9)6-4-2-1-3-5-6/h2-5H,1H3,(H,8,9,10);1-5H,(H2,7,8,9). The fraction of sp³-hybridized carbons (Fsp3) is 0.0769. The van der Waals surface area contributed by atoms with Crippen LogP contribution in [0.15, 0.2) is 64.4 Å². The van der Waals surface area contributed by atoms with Crippen molar-refractivity contribution < 1.29 is 21.4 Å². The smallest absolute Gasteiger partial charge is 0.282 e. The molecule has 114 valence electrons. The highest BCUT2D eigenvalue weighted by atomic mass is 32.2. The highest BCUT2D eigenvalue weighted by Crippen LogP contribution is 2.08. The summed E-state index contributed by atoms with van der Waals surface area (Å²) in [6, 6.07) is 13.9. The van der Waals surface area contributed by atoms with Gasteiger partial charge in [-0.1, -0.05) is 35.9 Å². The molecular formula is C13H15NO5S2. The Balaban J connectivity index is 0.000000211.